The molecule has 2 aromatic carbocycles. The number of hydrogen-bond donors (Lipinski definition) is 1. The minimum absolute atomic E-state index is 0.278. The molecule has 3 nitrogen and oxygen atoms in total. The molecular formula is C14H12FN3. The van der Waals surface area contributed by atoms with Crippen molar-refractivity contribution in [3.05, 3.63) is 53.8 Å². The van der Waals surface area contributed by atoms with Crippen LogP contribution >= 0.6 is 0 Å². The van der Waals surface area contributed by atoms with Gasteiger partial charge in [0, 0.05) is 7.05 Å². The maximum absolute atomic E-state index is 13.8. The normalized spacial score (nSPS) is 9.83. The number of anilines is 3. The van der Waals surface area contributed by atoms with E-state index in [9.17, 15) is 4.39 Å². The second kappa shape index (κ2) is 4.76. The number of benzene rings is 2. The van der Waals surface area contributed by atoms with E-state index >= 15 is 0 Å². The van der Waals surface area contributed by atoms with Crippen molar-refractivity contribution in [1.82, 2.24) is 0 Å². The molecule has 0 spiro atoms. The van der Waals surface area contributed by atoms with Crippen LogP contribution in [-0.2, 0) is 0 Å². The summed E-state index contributed by atoms with van der Waals surface area (Å²) in [5, 5.41) is 9.05. The number of para-hydroxylation sites is 2. The predicted octanol–water partition coefficient (Wildman–Crippen LogP) is 3.05. The summed E-state index contributed by atoms with van der Waals surface area (Å²) in [6, 6.07) is 13.6. The van der Waals surface area contributed by atoms with E-state index in [1.807, 2.05) is 0 Å². The van der Waals surface area contributed by atoms with Crippen LogP contribution in [0.5, 0.6) is 0 Å². The van der Waals surface area contributed by atoms with Gasteiger partial charge in [0.05, 0.1) is 16.9 Å². The van der Waals surface area contributed by atoms with Gasteiger partial charge in [-0.05, 0) is 24.3 Å². The van der Waals surface area contributed by atoms with Gasteiger partial charge in [-0.25, -0.2) is 4.39 Å². The zero-order valence-electron chi connectivity index (χ0n) is 9.89. The lowest BCUT2D eigenvalue weighted by molar-refractivity contribution is 0.628. The molecule has 0 heterocycles. The molecule has 0 fully saturated rings. The van der Waals surface area contributed by atoms with Crippen molar-refractivity contribution in [2.24, 2.45) is 0 Å². The highest BCUT2D eigenvalue weighted by atomic mass is 19.1. The maximum Gasteiger partial charge on any atom is 0.148 e. The Morgan fingerprint density at radius 3 is 2.56 bits per heavy atom. The van der Waals surface area contributed by atoms with Gasteiger partial charge in [0.2, 0.25) is 0 Å². The van der Waals surface area contributed by atoms with Gasteiger partial charge < -0.3 is 10.6 Å². The highest BCUT2D eigenvalue weighted by Gasteiger charge is 2.15. The minimum Gasteiger partial charge on any atom is -0.397 e. The quantitative estimate of drug-likeness (QED) is 0.822. The molecule has 2 rings (SSSR count). The Balaban J connectivity index is 2.56. The number of nitrogens with two attached hydrogens (primary N) is 1. The van der Waals surface area contributed by atoms with Crippen LogP contribution in [0.15, 0.2) is 42.5 Å². The summed E-state index contributed by atoms with van der Waals surface area (Å²) < 4.78 is 13.8. The van der Waals surface area contributed by atoms with Gasteiger partial charge >= 0.3 is 0 Å². The third-order valence-corrected chi connectivity index (χ3v) is 2.74. The molecule has 0 aliphatic rings. The number of nitrogens with zero attached hydrogens (tertiary/aromatic N) is 2. The van der Waals surface area contributed by atoms with E-state index in [-0.39, 0.29) is 5.69 Å². The lowest BCUT2D eigenvalue weighted by Crippen LogP contribution is -2.14. The van der Waals surface area contributed by atoms with Crippen molar-refractivity contribution in [1.29, 1.82) is 5.26 Å². The molecule has 0 bridgehead atoms. The molecule has 0 amide bonds. The van der Waals surface area contributed by atoms with E-state index in [4.69, 9.17) is 11.0 Å². The van der Waals surface area contributed by atoms with Crippen molar-refractivity contribution >= 4 is 17.1 Å². The van der Waals surface area contributed by atoms with Crippen molar-refractivity contribution in [3.8, 4) is 6.07 Å². The molecule has 18 heavy (non-hydrogen) atoms. The topological polar surface area (TPSA) is 53.0 Å². The molecular weight excluding hydrogens is 229 g/mol. The van der Waals surface area contributed by atoms with Crippen LogP contribution in [-0.4, -0.2) is 7.05 Å². The Morgan fingerprint density at radius 2 is 1.89 bits per heavy atom. The van der Waals surface area contributed by atoms with E-state index in [1.54, 1.807) is 48.3 Å². The average Bonchev–Trinajstić information content (AvgIpc) is 2.38. The molecule has 0 aliphatic heterocycles. The molecule has 0 unspecified atom stereocenters. The fourth-order valence-corrected chi connectivity index (χ4v) is 1.87. The second-order valence-electron chi connectivity index (χ2n) is 3.87. The molecule has 90 valence electrons. The molecule has 0 saturated carbocycles. The molecule has 0 atom stereocenters. The number of nitrogen functional groups attached to an aromatic ring is 1. The predicted molar refractivity (Wildman–Crippen MR) is 70.0 cm³/mol. The largest absolute Gasteiger partial charge is 0.397 e. The average molecular weight is 241 g/mol. The first kappa shape index (κ1) is 11.9. The van der Waals surface area contributed by atoms with Crippen LogP contribution in [0.1, 0.15) is 5.56 Å². The van der Waals surface area contributed by atoms with Gasteiger partial charge in [-0.2, -0.15) is 5.26 Å². The Hall–Kier alpha value is -2.54. The molecule has 0 aromatic heterocycles. The third-order valence-electron chi connectivity index (χ3n) is 2.74. The van der Waals surface area contributed by atoms with Crippen molar-refractivity contribution in [2.45, 2.75) is 0 Å². The van der Waals surface area contributed by atoms with Gasteiger partial charge in [0.1, 0.15) is 17.6 Å². The van der Waals surface area contributed by atoms with Gasteiger partial charge in [-0.15, -0.1) is 0 Å². The summed E-state index contributed by atoms with van der Waals surface area (Å²) in [5.74, 6) is -0.412. The summed E-state index contributed by atoms with van der Waals surface area (Å²) >= 11 is 0. The van der Waals surface area contributed by atoms with Crippen molar-refractivity contribution in [3.63, 3.8) is 0 Å². The van der Waals surface area contributed by atoms with E-state index in [1.165, 1.54) is 6.07 Å². The second-order valence-corrected chi connectivity index (χ2v) is 3.87. The smallest absolute Gasteiger partial charge is 0.148 e. The zero-order chi connectivity index (χ0) is 13.1. The summed E-state index contributed by atoms with van der Waals surface area (Å²) in [4.78, 5) is 1.59. The van der Waals surface area contributed by atoms with E-state index in [0.29, 0.717) is 16.9 Å². The highest BCUT2D eigenvalue weighted by Crippen LogP contribution is 2.32. The van der Waals surface area contributed by atoms with E-state index < -0.39 is 5.82 Å². The zero-order valence-corrected chi connectivity index (χ0v) is 9.89. The number of halogens is 1. The van der Waals surface area contributed by atoms with Crippen molar-refractivity contribution < 1.29 is 4.39 Å². The van der Waals surface area contributed by atoms with E-state index in [2.05, 4.69) is 6.07 Å². The van der Waals surface area contributed by atoms with Crippen LogP contribution in [0, 0.1) is 17.1 Å². The van der Waals surface area contributed by atoms with Crippen molar-refractivity contribution in [2.75, 3.05) is 17.7 Å². The molecule has 0 saturated heterocycles. The number of rotatable bonds is 2. The van der Waals surface area contributed by atoms with Gasteiger partial charge in [-0.1, -0.05) is 18.2 Å². The standard InChI is InChI=1S/C14H12FN3/c1-18(13-8-3-2-5-10(13)9-16)14-11(15)6-4-7-12(14)17/h2-8H,17H2,1H3. The fraction of sp³-hybridized carbons (Fsp3) is 0.0714. The third kappa shape index (κ3) is 1.98. The molecule has 0 aliphatic carbocycles. The first-order chi connectivity index (χ1) is 8.65. The monoisotopic (exact) mass is 241 g/mol. The molecule has 2 N–H and O–H groups in total. The SMILES string of the molecule is CN(c1ccccc1C#N)c1c(N)cccc1F. The summed E-state index contributed by atoms with van der Waals surface area (Å²) in [6.45, 7) is 0. The Morgan fingerprint density at radius 1 is 1.17 bits per heavy atom. The Labute approximate surface area is 105 Å². The Bertz CT molecular complexity index is 596. The molecule has 2 aromatic rings. The van der Waals surface area contributed by atoms with Gasteiger partial charge in [0.25, 0.3) is 0 Å². The fourth-order valence-electron chi connectivity index (χ4n) is 1.87. The minimum atomic E-state index is -0.412. The summed E-state index contributed by atoms with van der Waals surface area (Å²) in [5.41, 5.74) is 7.50. The first-order valence-corrected chi connectivity index (χ1v) is 5.42. The lowest BCUT2D eigenvalue weighted by atomic mass is 10.1. The van der Waals surface area contributed by atoms with Crippen LogP contribution in [0.25, 0.3) is 0 Å². The molecule has 0 radical (unpaired) electrons. The van der Waals surface area contributed by atoms with Crippen LogP contribution < -0.4 is 10.6 Å². The number of hydrogen-bond acceptors (Lipinski definition) is 3. The van der Waals surface area contributed by atoms with Gasteiger partial charge in [-0.3, -0.25) is 0 Å². The first-order valence-electron chi connectivity index (χ1n) is 5.42. The summed E-state index contributed by atoms with van der Waals surface area (Å²) in [6.07, 6.45) is 0. The van der Waals surface area contributed by atoms with Crippen LogP contribution in [0.2, 0.25) is 0 Å². The highest BCUT2D eigenvalue weighted by molar-refractivity contribution is 5.77. The van der Waals surface area contributed by atoms with Gasteiger partial charge in [0.15, 0.2) is 0 Å². The van der Waals surface area contributed by atoms with Crippen LogP contribution in [0.3, 0.4) is 0 Å². The van der Waals surface area contributed by atoms with Crippen LogP contribution in [0.4, 0.5) is 21.5 Å². The summed E-state index contributed by atoms with van der Waals surface area (Å²) in [7, 11) is 1.69. The maximum atomic E-state index is 13.8. The number of nitriles is 1. The van der Waals surface area contributed by atoms with E-state index in [0.717, 1.165) is 0 Å². The molecule has 4 heteroatoms. The lowest BCUT2D eigenvalue weighted by Gasteiger charge is -2.22. The Kier molecular flexibility index (Phi) is 3.16.